The maximum Gasteiger partial charge on any atom is 0.319 e. The third-order valence-corrected chi connectivity index (χ3v) is 6.55. The van der Waals surface area contributed by atoms with Crippen LogP contribution in [0.3, 0.4) is 0 Å². The summed E-state index contributed by atoms with van der Waals surface area (Å²) in [5.41, 5.74) is 1.75. The summed E-state index contributed by atoms with van der Waals surface area (Å²) in [6, 6.07) is 13.9. The van der Waals surface area contributed by atoms with Crippen LogP contribution >= 0.6 is 0 Å². The molecule has 8 N–H and O–H groups in total. The third-order valence-electron chi connectivity index (χ3n) is 6.55. The van der Waals surface area contributed by atoms with Crippen LogP contribution in [0.15, 0.2) is 58.5 Å². The topological polar surface area (TPSA) is 172 Å². The number of aliphatic hydroxyl groups is 2. The fourth-order valence-electron chi connectivity index (χ4n) is 5.01. The molecule has 2 aromatic carbocycles. The number of carbonyl (C=O) groups is 2. The lowest BCUT2D eigenvalue weighted by atomic mass is 9.87. The molecular formula is C29H40N8O4. The number of rotatable bonds is 8. The second kappa shape index (κ2) is 12.6. The maximum absolute atomic E-state index is 12.7. The Hall–Kier alpha value is -4.16. The third kappa shape index (κ3) is 8.92. The van der Waals surface area contributed by atoms with Crippen molar-refractivity contribution in [2.45, 2.75) is 57.4 Å². The van der Waals surface area contributed by atoms with Crippen LogP contribution in [0.4, 0.5) is 21.0 Å². The molecule has 0 saturated heterocycles. The fourth-order valence-corrected chi connectivity index (χ4v) is 5.01. The summed E-state index contributed by atoms with van der Waals surface area (Å²) in [7, 11) is 0. The first-order chi connectivity index (χ1) is 19.4. The fraction of sp³-hybridized carbons (Fsp3) is 0.448. The summed E-state index contributed by atoms with van der Waals surface area (Å²) in [6.07, 6.45) is -0.485. The average Bonchev–Trinajstić information content (AvgIpc) is 2.89. The van der Waals surface area contributed by atoms with E-state index < -0.39 is 23.3 Å². The van der Waals surface area contributed by atoms with Crippen LogP contribution in [-0.4, -0.2) is 83.4 Å². The number of amides is 4. The van der Waals surface area contributed by atoms with Crippen molar-refractivity contribution in [1.29, 1.82) is 0 Å². The summed E-state index contributed by atoms with van der Waals surface area (Å²) < 4.78 is 0. The number of nitrogens with zero attached hydrogens (tertiary/aromatic N) is 2. The summed E-state index contributed by atoms with van der Waals surface area (Å²) in [5.74, 6) is 1.44. The summed E-state index contributed by atoms with van der Waals surface area (Å²) in [6.45, 7) is 9.24. The Balaban J connectivity index is 1.25. The lowest BCUT2D eigenvalue weighted by molar-refractivity contribution is 0.181. The van der Waals surface area contributed by atoms with Gasteiger partial charge in [0.2, 0.25) is 0 Å². The molecular weight excluding hydrogens is 524 g/mol. The monoisotopic (exact) mass is 564 g/mol. The Morgan fingerprint density at radius 2 is 1.10 bits per heavy atom. The molecule has 2 aliphatic heterocycles. The highest BCUT2D eigenvalue weighted by molar-refractivity contribution is 6.00. The first-order valence-electron chi connectivity index (χ1n) is 13.7. The standard InChI is InChI=1S/C29H40N8O4/c1-28(2,36-26(40)34-20-9-5-18(6-10-20)24-30-13-22(38)14-31-24)17-29(3,4)37-27(41)35-21-11-7-19(8-12-21)25-32-15-23(39)16-33-25/h5-12,22-23,38-39H,13-17H2,1-4H3,(H,30,31)(H,32,33)(H2,34,36,40)(H2,35,37,41). The molecule has 0 bridgehead atoms. The molecule has 12 heteroatoms. The molecule has 0 spiro atoms. The number of aliphatic hydroxyl groups excluding tert-OH is 2. The van der Waals surface area contributed by atoms with Crippen molar-refractivity contribution in [2.75, 3.05) is 36.8 Å². The minimum Gasteiger partial charge on any atom is -0.389 e. The molecule has 4 amide bonds. The van der Waals surface area contributed by atoms with Gasteiger partial charge in [0.25, 0.3) is 0 Å². The normalized spacial score (nSPS) is 19.1. The highest BCUT2D eigenvalue weighted by atomic mass is 16.3. The molecule has 0 aliphatic carbocycles. The van der Waals surface area contributed by atoms with Gasteiger partial charge in [-0.15, -0.1) is 0 Å². The van der Waals surface area contributed by atoms with Crippen LogP contribution in [0, 0.1) is 0 Å². The van der Waals surface area contributed by atoms with Crippen LogP contribution in [0.1, 0.15) is 45.2 Å². The Morgan fingerprint density at radius 1 is 0.732 bits per heavy atom. The van der Waals surface area contributed by atoms with E-state index in [1.165, 1.54) is 0 Å². The summed E-state index contributed by atoms with van der Waals surface area (Å²) in [5, 5.41) is 37.0. The zero-order valence-corrected chi connectivity index (χ0v) is 23.9. The van der Waals surface area contributed by atoms with Gasteiger partial charge in [-0.3, -0.25) is 9.98 Å². The second-order valence-corrected chi connectivity index (χ2v) is 11.7. The molecule has 0 fully saturated rings. The molecule has 220 valence electrons. The molecule has 2 aromatic rings. The van der Waals surface area contributed by atoms with E-state index in [2.05, 4.69) is 41.9 Å². The molecule has 41 heavy (non-hydrogen) atoms. The number of hydrogen-bond donors (Lipinski definition) is 8. The molecule has 12 nitrogen and oxygen atoms in total. The summed E-state index contributed by atoms with van der Waals surface area (Å²) >= 11 is 0. The first-order valence-corrected chi connectivity index (χ1v) is 13.7. The minimum absolute atomic E-state index is 0.356. The Labute approximate surface area is 240 Å². The Kier molecular flexibility index (Phi) is 9.14. The zero-order valence-electron chi connectivity index (χ0n) is 23.9. The lowest BCUT2D eigenvalue weighted by Crippen LogP contribution is -2.55. The van der Waals surface area contributed by atoms with E-state index >= 15 is 0 Å². The van der Waals surface area contributed by atoms with E-state index in [1.54, 1.807) is 24.3 Å². The average molecular weight is 565 g/mol. The van der Waals surface area contributed by atoms with Crippen LogP contribution in [0.2, 0.25) is 0 Å². The minimum atomic E-state index is -0.634. The predicted molar refractivity (Wildman–Crippen MR) is 161 cm³/mol. The van der Waals surface area contributed by atoms with E-state index in [-0.39, 0.29) is 12.1 Å². The van der Waals surface area contributed by atoms with Crippen molar-refractivity contribution in [1.82, 2.24) is 21.3 Å². The van der Waals surface area contributed by atoms with Crippen LogP contribution in [0.5, 0.6) is 0 Å². The number of amidine groups is 2. The van der Waals surface area contributed by atoms with Crippen molar-refractivity contribution in [2.24, 2.45) is 9.98 Å². The molecule has 0 saturated carbocycles. The largest absolute Gasteiger partial charge is 0.389 e. The molecule has 0 radical (unpaired) electrons. The zero-order chi connectivity index (χ0) is 29.6. The number of β-amino-alcohol motifs (C(OH)–C–C–N with tert-alkyl or cyclic N) is 2. The highest BCUT2D eigenvalue weighted by Gasteiger charge is 2.31. The van der Waals surface area contributed by atoms with Gasteiger partial charge in [-0.05, 0) is 82.6 Å². The van der Waals surface area contributed by atoms with Crippen molar-refractivity contribution in [3.63, 3.8) is 0 Å². The van der Waals surface area contributed by atoms with Gasteiger partial charge in [0.05, 0.1) is 25.3 Å². The van der Waals surface area contributed by atoms with Gasteiger partial charge < -0.3 is 42.1 Å². The highest BCUT2D eigenvalue weighted by Crippen LogP contribution is 2.21. The quantitative estimate of drug-likeness (QED) is 0.244. The SMILES string of the molecule is CC(C)(CC(C)(C)NC(=O)Nc1ccc(C2=NCC(O)CN2)cc1)NC(=O)Nc1ccc(C2=NCC(O)CN2)cc1. The van der Waals surface area contributed by atoms with Gasteiger partial charge in [-0.25, -0.2) is 9.59 Å². The van der Waals surface area contributed by atoms with Gasteiger partial charge in [-0.1, -0.05) is 0 Å². The van der Waals surface area contributed by atoms with Crippen molar-refractivity contribution < 1.29 is 19.8 Å². The van der Waals surface area contributed by atoms with E-state index in [9.17, 15) is 19.8 Å². The predicted octanol–water partition coefficient (Wildman–Crippen LogP) is 2.00. The maximum atomic E-state index is 12.7. The van der Waals surface area contributed by atoms with Gasteiger partial charge in [0.15, 0.2) is 0 Å². The first kappa shape index (κ1) is 29.8. The molecule has 2 heterocycles. The second-order valence-electron chi connectivity index (χ2n) is 11.7. The van der Waals surface area contributed by atoms with Gasteiger partial charge >= 0.3 is 12.1 Å². The smallest absolute Gasteiger partial charge is 0.319 e. The number of nitrogens with one attached hydrogen (secondary N) is 6. The number of hydrogen-bond acceptors (Lipinski definition) is 8. The molecule has 2 unspecified atom stereocenters. The van der Waals surface area contributed by atoms with Gasteiger partial charge in [-0.2, -0.15) is 0 Å². The summed E-state index contributed by atoms with van der Waals surface area (Å²) in [4.78, 5) is 34.2. The number of urea groups is 2. The van der Waals surface area contributed by atoms with E-state index in [4.69, 9.17) is 0 Å². The lowest BCUT2D eigenvalue weighted by Gasteiger charge is -2.36. The van der Waals surface area contributed by atoms with Crippen LogP contribution in [0.25, 0.3) is 0 Å². The molecule has 2 atom stereocenters. The Morgan fingerprint density at radius 3 is 1.41 bits per heavy atom. The van der Waals surface area contributed by atoms with E-state index in [0.29, 0.717) is 44.0 Å². The van der Waals surface area contributed by atoms with E-state index in [1.807, 2.05) is 52.0 Å². The number of anilines is 2. The van der Waals surface area contributed by atoms with Crippen LogP contribution < -0.4 is 31.9 Å². The van der Waals surface area contributed by atoms with Gasteiger partial charge in [0, 0.05) is 46.7 Å². The van der Waals surface area contributed by atoms with Crippen molar-refractivity contribution in [3.05, 3.63) is 59.7 Å². The molecule has 0 aromatic heterocycles. The molecule has 2 aliphatic rings. The molecule has 4 rings (SSSR count). The number of benzene rings is 2. The van der Waals surface area contributed by atoms with Gasteiger partial charge in [0.1, 0.15) is 11.7 Å². The number of aliphatic imine (C=N–C) groups is 2. The van der Waals surface area contributed by atoms with Crippen molar-refractivity contribution >= 4 is 35.1 Å². The van der Waals surface area contributed by atoms with Crippen LogP contribution in [-0.2, 0) is 0 Å². The Bertz CT molecular complexity index is 1190. The number of carbonyl (C=O) groups excluding carboxylic acids is 2. The van der Waals surface area contributed by atoms with E-state index in [0.717, 1.165) is 22.8 Å². The van der Waals surface area contributed by atoms with Crippen molar-refractivity contribution in [3.8, 4) is 0 Å².